The number of alkyl carbamates (subject to hydrolysis) is 1. The molecule has 0 saturated heterocycles. The molecule has 0 aliphatic heterocycles. The first-order valence-corrected chi connectivity index (χ1v) is 8.41. The molecule has 1 amide bonds. The number of aliphatic hydroxyl groups is 2. The normalized spacial score (nSPS) is 13.3. The fraction of sp³-hybridized carbons (Fsp3) is 0.278. The number of carbonyl (C=O) groups excluding carboxylic acids is 1. The van der Waals surface area contributed by atoms with E-state index in [1.54, 1.807) is 0 Å². The van der Waals surface area contributed by atoms with Crippen molar-refractivity contribution in [3.63, 3.8) is 0 Å². The first kappa shape index (κ1) is 18.6. The van der Waals surface area contributed by atoms with Crippen LogP contribution in [0, 0.1) is 0 Å². The number of fused-ring (bicyclic) bond motifs is 1. The third-order valence-electron chi connectivity index (χ3n) is 4.06. The van der Waals surface area contributed by atoms with E-state index in [4.69, 9.17) is 4.74 Å². The van der Waals surface area contributed by atoms with Gasteiger partial charge in [0.2, 0.25) is 0 Å². The molecule has 2 aromatic heterocycles. The van der Waals surface area contributed by atoms with Crippen LogP contribution in [0.4, 0.5) is 4.79 Å². The quantitative estimate of drug-likeness (QED) is 0.484. The van der Waals surface area contributed by atoms with Gasteiger partial charge in [-0.05, 0) is 18.1 Å². The molecule has 2 heterocycles. The summed E-state index contributed by atoms with van der Waals surface area (Å²) >= 11 is 0. The molecule has 0 saturated carbocycles. The largest absolute Gasteiger partial charge is 0.445 e. The summed E-state index contributed by atoms with van der Waals surface area (Å²) in [6.07, 6.45) is -0.125. The van der Waals surface area contributed by atoms with Crippen molar-refractivity contribution >= 4 is 11.6 Å². The number of benzene rings is 1. The average molecular weight is 372 g/mol. The van der Waals surface area contributed by atoms with Gasteiger partial charge in [-0.15, -0.1) is 0 Å². The maximum atomic E-state index is 11.7. The van der Waals surface area contributed by atoms with Gasteiger partial charge in [0, 0.05) is 18.3 Å². The fourth-order valence-electron chi connectivity index (χ4n) is 2.60. The lowest BCUT2D eigenvalue weighted by Gasteiger charge is -2.17. The number of hydrogen-bond donors (Lipinski definition) is 4. The van der Waals surface area contributed by atoms with E-state index in [0.717, 1.165) is 5.56 Å². The van der Waals surface area contributed by atoms with Crippen molar-refractivity contribution in [3.8, 4) is 0 Å². The van der Waals surface area contributed by atoms with E-state index >= 15 is 0 Å². The summed E-state index contributed by atoms with van der Waals surface area (Å²) in [6, 6.07) is 10.7. The summed E-state index contributed by atoms with van der Waals surface area (Å²) < 4.78 is 6.39. The van der Waals surface area contributed by atoms with Crippen molar-refractivity contribution in [3.05, 3.63) is 70.4 Å². The van der Waals surface area contributed by atoms with Crippen molar-refractivity contribution in [2.24, 2.45) is 0 Å². The van der Waals surface area contributed by atoms with E-state index in [1.807, 2.05) is 30.3 Å². The van der Waals surface area contributed by atoms with Gasteiger partial charge in [0.25, 0.3) is 5.56 Å². The van der Waals surface area contributed by atoms with Gasteiger partial charge in [-0.25, -0.2) is 9.31 Å². The third-order valence-corrected chi connectivity index (χ3v) is 4.06. The number of aliphatic hydroxyl groups excluding tert-OH is 2. The Hall–Kier alpha value is -3.17. The van der Waals surface area contributed by atoms with Crippen LogP contribution in [0.25, 0.3) is 5.52 Å². The minimum absolute atomic E-state index is 0.109. The summed E-state index contributed by atoms with van der Waals surface area (Å²) in [7, 11) is 0. The maximum Gasteiger partial charge on any atom is 0.407 e. The molecule has 3 rings (SSSR count). The van der Waals surface area contributed by atoms with Crippen LogP contribution in [0.5, 0.6) is 0 Å². The second-order valence-electron chi connectivity index (χ2n) is 6.01. The van der Waals surface area contributed by atoms with E-state index in [0.29, 0.717) is 5.56 Å². The van der Waals surface area contributed by atoms with Crippen LogP contribution in [0.3, 0.4) is 0 Å². The van der Waals surface area contributed by atoms with Gasteiger partial charge >= 0.3 is 6.09 Å². The Morgan fingerprint density at radius 2 is 2.07 bits per heavy atom. The Morgan fingerprint density at radius 3 is 2.81 bits per heavy atom. The number of aromatic amines is 1. The number of aromatic nitrogens is 3. The highest BCUT2D eigenvalue weighted by Crippen LogP contribution is 2.20. The predicted molar refractivity (Wildman–Crippen MR) is 96.0 cm³/mol. The van der Waals surface area contributed by atoms with Gasteiger partial charge < -0.3 is 25.3 Å². The van der Waals surface area contributed by atoms with Gasteiger partial charge in [0.1, 0.15) is 24.6 Å². The van der Waals surface area contributed by atoms with Crippen LogP contribution in [0.2, 0.25) is 0 Å². The van der Waals surface area contributed by atoms with E-state index in [-0.39, 0.29) is 30.6 Å². The summed E-state index contributed by atoms with van der Waals surface area (Å²) in [5.41, 5.74) is 1.15. The van der Waals surface area contributed by atoms with E-state index in [1.165, 1.54) is 23.1 Å². The van der Waals surface area contributed by atoms with E-state index in [2.05, 4.69) is 15.4 Å². The Bertz CT molecular complexity index is 953. The molecule has 0 bridgehead atoms. The number of carbonyl (C=O) groups is 1. The summed E-state index contributed by atoms with van der Waals surface area (Å²) in [4.78, 5) is 25.8. The maximum absolute atomic E-state index is 11.7. The number of ether oxygens (including phenoxy) is 1. The number of nitrogens with one attached hydrogen (secondary N) is 2. The zero-order valence-corrected chi connectivity index (χ0v) is 14.4. The van der Waals surface area contributed by atoms with Crippen LogP contribution in [-0.2, 0) is 11.3 Å². The van der Waals surface area contributed by atoms with Crippen molar-refractivity contribution in [2.75, 3.05) is 6.54 Å². The molecule has 9 nitrogen and oxygen atoms in total. The molecule has 2 unspecified atom stereocenters. The van der Waals surface area contributed by atoms with Crippen LogP contribution < -0.4 is 10.9 Å². The highest BCUT2D eigenvalue weighted by Gasteiger charge is 2.20. The molecule has 27 heavy (non-hydrogen) atoms. The molecule has 0 aliphatic carbocycles. The lowest BCUT2D eigenvalue weighted by Crippen LogP contribution is -2.29. The molecule has 4 N–H and O–H groups in total. The Labute approximate surface area is 154 Å². The number of hydrogen-bond acceptors (Lipinski definition) is 6. The molecule has 0 radical (unpaired) electrons. The highest BCUT2D eigenvalue weighted by atomic mass is 16.5. The zero-order chi connectivity index (χ0) is 19.2. The van der Waals surface area contributed by atoms with E-state index < -0.39 is 18.3 Å². The minimum Gasteiger partial charge on any atom is -0.445 e. The average Bonchev–Trinajstić information content (AvgIpc) is 3.12. The number of amides is 1. The van der Waals surface area contributed by atoms with Gasteiger partial charge in [0.15, 0.2) is 0 Å². The molecular formula is C18H20N4O5. The van der Waals surface area contributed by atoms with Crippen LogP contribution in [0.15, 0.2) is 53.7 Å². The smallest absolute Gasteiger partial charge is 0.407 e. The van der Waals surface area contributed by atoms with Crippen molar-refractivity contribution in [1.82, 2.24) is 19.9 Å². The lowest BCUT2D eigenvalue weighted by atomic mass is 10.1. The predicted octanol–water partition coefficient (Wildman–Crippen LogP) is 0.733. The van der Waals surface area contributed by atoms with Crippen LogP contribution >= 0.6 is 0 Å². The SMILES string of the molecule is O=C(NCCC(O)C(O)c1cc2c(=O)[nH]cnn2c1)OCc1ccccc1. The molecule has 2 atom stereocenters. The molecule has 9 heteroatoms. The summed E-state index contributed by atoms with van der Waals surface area (Å²) in [6.45, 7) is 0.273. The fourth-order valence-corrected chi connectivity index (χ4v) is 2.60. The highest BCUT2D eigenvalue weighted by molar-refractivity contribution is 5.67. The van der Waals surface area contributed by atoms with Gasteiger partial charge in [-0.3, -0.25) is 4.79 Å². The zero-order valence-electron chi connectivity index (χ0n) is 14.4. The Balaban J connectivity index is 1.46. The second kappa shape index (κ2) is 8.47. The van der Waals surface area contributed by atoms with Crippen molar-refractivity contribution in [2.45, 2.75) is 25.2 Å². The first-order chi connectivity index (χ1) is 13.0. The van der Waals surface area contributed by atoms with Crippen LogP contribution in [0.1, 0.15) is 23.7 Å². The van der Waals surface area contributed by atoms with Crippen molar-refractivity contribution < 1.29 is 19.7 Å². The van der Waals surface area contributed by atoms with E-state index in [9.17, 15) is 19.8 Å². The third kappa shape index (κ3) is 4.72. The standard InChI is InChI=1S/C18H20N4O5/c23-15(6-7-19-18(26)27-10-12-4-2-1-3-5-12)16(24)13-8-14-17(25)20-11-21-22(14)9-13/h1-5,8-9,11,15-16,23-24H,6-7,10H2,(H,19,26)(H,20,21,25). The minimum atomic E-state index is -1.21. The lowest BCUT2D eigenvalue weighted by molar-refractivity contribution is 0.0137. The number of rotatable bonds is 7. The van der Waals surface area contributed by atoms with Gasteiger partial charge in [-0.1, -0.05) is 30.3 Å². The molecule has 3 aromatic rings. The molecule has 142 valence electrons. The topological polar surface area (TPSA) is 129 Å². The Kier molecular flexibility index (Phi) is 5.84. The molecule has 1 aromatic carbocycles. The summed E-state index contributed by atoms with van der Waals surface area (Å²) in [5.74, 6) is 0. The number of nitrogens with zero attached hydrogens (tertiary/aromatic N) is 2. The molecule has 0 aliphatic rings. The molecule has 0 fully saturated rings. The van der Waals surface area contributed by atoms with Crippen molar-refractivity contribution in [1.29, 1.82) is 0 Å². The monoisotopic (exact) mass is 372 g/mol. The Morgan fingerprint density at radius 1 is 1.30 bits per heavy atom. The molecular weight excluding hydrogens is 352 g/mol. The summed E-state index contributed by atoms with van der Waals surface area (Å²) in [5, 5.41) is 26.8. The number of H-pyrrole nitrogens is 1. The van der Waals surface area contributed by atoms with Gasteiger partial charge in [-0.2, -0.15) is 5.10 Å². The molecule has 0 spiro atoms. The first-order valence-electron chi connectivity index (χ1n) is 8.41. The second-order valence-corrected chi connectivity index (χ2v) is 6.01. The van der Waals surface area contributed by atoms with Gasteiger partial charge in [0.05, 0.1) is 6.10 Å². The van der Waals surface area contributed by atoms with Crippen LogP contribution in [-0.4, -0.2) is 43.6 Å².